The molecule has 0 aromatic heterocycles. The lowest BCUT2D eigenvalue weighted by Crippen LogP contribution is -2.44. The van der Waals surface area contributed by atoms with Crippen LogP contribution in [0.25, 0.3) is 0 Å². The molecule has 1 aliphatic heterocycles. The third-order valence-corrected chi connectivity index (χ3v) is 4.02. The summed E-state index contributed by atoms with van der Waals surface area (Å²) in [5.41, 5.74) is 1.23. The highest BCUT2D eigenvalue weighted by Crippen LogP contribution is 2.21. The Kier molecular flexibility index (Phi) is 5.01. The van der Waals surface area contributed by atoms with Crippen molar-refractivity contribution < 1.29 is 9.53 Å². The van der Waals surface area contributed by atoms with Gasteiger partial charge in [-0.05, 0) is 37.5 Å². The standard InChI is InChI=1S/C16H24N2O2/c1-12(14-5-4-6-16(11-14)20-3)17-15-7-9-18(10-8-15)13(2)19/h4-6,11-12,15,17H,7-10H2,1-3H3/t12-/m1/s1. The predicted octanol–water partition coefficient (Wildman–Crippen LogP) is 2.36. The highest BCUT2D eigenvalue weighted by Gasteiger charge is 2.22. The van der Waals surface area contributed by atoms with Crippen molar-refractivity contribution in [3.63, 3.8) is 0 Å². The summed E-state index contributed by atoms with van der Waals surface area (Å²) in [5, 5.41) is 3.65. The van der Waals surface area contributed by atoms with Crippen LogP contribution < -0.4 is 10.1 Å². The number of methoxy groups -OCH3 is 1. The van der Waals surface area contributed by atoms with Crippen LogP contribution in [0.4, 0.5) is 0 Å². The van der Waals surface area contributed by atoms with E-state index >= 15 is 0 Å². The number of carbonyl (C=O) groups excluding carboxylic acids is 1. The topological polar surface area (TPSA) is 41.6 Å². The molecule has 1 fully saturated rings. The van der Waals surface area contributed by atoms with E-state index in [0.717, 1.165) is 31.7 Å². The quantitative estimate of drug-likeness (QED) is 0.918. The maximum absolute atomic E-state index is 11.3. The Hall–Kier alpha value is -1.55. The highest BCUT2D eigenvalue weighted by atomic mass is 16.5. The van der Waals surface area contributed by atoms with Gasteiger partial charge in [0.15, 0.2) is 0 Å². The molecule has 1 atom stereocenters. The number of rotatable bonds is 4. The molecule has 20 heavy (non-hydrogen) atoms. The van der Waals surface area contributed by atoms with Gasteiger partial charge in [-0.3, -0.25) is 4.79 Å². The Morgan fingerprint density at radius 1 is 1.40 bits per heavy atom. The van der Waals surface area contributed by atoms with Crippen LogP contribution in [0.1, 0.15) is 38.3 Å². The largest absolute Gasteiger partial charge is 0.497 e. The first-order valence-corrected chi connectivity index (χ1v) is 7.25. The summed E-state index contributed by atoms with van der Waals surface area (Å²) in [6, 6.07) is 8.94. The molecule has 0 radical (unpaired) electrons. The van der Waals surface area contributed by atoms with Crippen LogP contribution in [0.3, 0.4) is 0 Å². The summed E-state index contributed by atoms with van der Waals surface area (Å²) in [6.07, 6.45) is 2.04. The number of ether oxygens (including phenoxy) is 1. The molecular formula is C16H24N2O2. The van der Waals surface area contributed by atoms with Crippen molar-refractivity contribution in [1.29, 1.82) is 0 Å². The maximum Gasteiger partial charge on any atom is 0.219 e. The molecule has 0 saturated carbocycles. The average molecular weight is 276 g/mol. The zero-order valence-corrected chi connectivity index (χ0v) is 12.6. The average Bonchev–Trinajstić information content (AvgIpc) is 2.47. The van der Waals surface area contributed by atoms with Gasteiger partial charge in [-0.25, -0.2) is 0 Å². The fourth-order valence-electron chi connectivity index (χ4n) is 2.72. The molecule has 0 spiro atoms. The number of nitrogens with one attached hydrogen (secondary N) is 1. The van der Waals surface area contributed by atoms with Crippen LogP contribution in [0.15, 0.2) is 24.3 Å². The van der Waals surface area contributed by atoms with Gasteiger partial charge >= 0.3 is 0 Å². The molecule has 1 amide bonds. The molecule has 1 aromatic rings. The summed E-state index contributed by atoms with van der Waals surface area (Å²) in [6.45, 7) is 5.54. The Morgan fingerprint density at radius 2 is 2.10 bits per heavy atom. The monoisotopic (exact) mass is 276 g/mol. The Morgan fingerprint density at radius 3 is 2.70 bits per heavy atom. The zero-order valence-electron chi connectivity index (χ0n) is 12.6. The van der Waals surface area contributed by atoms with Crippen molar-refractivity contribution in [3.8, 4) is 5.75 Å². The van der Waals surface area contributed by atoms with Crippen molar-refractivity contribution in [2.24, 2.45) is 0 Å². The van der Waals surface area contributed by atoms with Crippen molar-refractivity contribution in [1.82, 2.24) is 10.2 Å². The van der Waals surface area contributed by atoms with Gasteiger partial charge in [0, 0.05) is 32.1 Å². The lowest BCUT2D eigenvalue weighted by Gasteiger charge is -2.33. The van der Waals surface area contributed by atoms with Crippen LogP contribution >= 0.6 is 0 Å². The van der Waals surface area contributed by atoms with Gasteiger partial charge in [0.2, 0.25) is 5.91 Å². The minimum Gasteiger partial charge on any atom is -0.497 e. The lowest BCUT2D eigenvalue weighted by molar-refractivity contribution is -0.129. The van der Waals surface area contributed by atoms with Gasteiger partial charge in [0.1, 0.15) is 5.75 Å². The number of carbonyl (C=O) groups is 1. The Labute approximate surface area is 121 Å². The van der Waals surface area contributed by atoms with Crippen LogP contribution in [-0.2, 0) is 4.79 Å². The van der Waals surface area contributed by atoms with Gasteiger partial charge < -0.3 is 15.0 Å². The number of hydrogen-bond donors (Lipinski definition) is 1. The zero-order chi connectivity index (χ0) is 14.5. The fourth-order valence-corrected chi connectivity index (χ4v) is 2.72. The van der Waals surface area contributed by atoms with E-state index in [2.05, 4.69) is 24.4 Å². The molecule has 2 rings (SSSR count). The second-order valence-electron chi connectivity index (χ2n) is 5.45. The number of benzene rings is 1. The summed E-state index contributed by atoms with van der Waals surface area (Å²) < 4.78 is 5.26. The number of amides is 1. The van der Waals surface area contributed by atoms with E-state index in [-0.39, 0.29) is 5.91 Å². The number of nitrogens with zero attached hydrogens (tertiary/aromatic N) is 1. The third kappa shape index (κ3) is 3.73. The maximum atomic E-state index is 11.3. The lowest BCUT2D eigenvalue weighted by atomic mass is 10.0. The number of piperidine rings is 1. The number of hydrogen-bond acceptors (Lipinski definition) is 3. The van der Waals surface area contributed by atoms with Crippen molar-refractivity contribution in [2.45, 2.75) is 38.8 Å². The second kappa shape index (κ2) is 6.75. The van der Waals surface area contributed by atoms with Crippen LogP contribution in [0, 0.1) is 0 Å². The van der Waals surface area contributed by atoms with E-state index in [0.29, 0.717) is 12.1 Å². The van der Waals surface area contributed by atoms with Gasteiger partial charge in [0.25, 0.3) is 0 Å². The molecule has 4 heteroatoms. The van der Waals surface area contributed by atoms with Gasteiger partial charge in [0.05, 0.1) is 7.11 Å². The first-order chi connectivity index (χ1) is 9.60. The second-order valence-corrected chi connectivity index (χ2v) is 5.45. The molecule has 1 saturated heterocycles. The minimum absolute atomic E-state index is 0.185. The smallest absolute Gasteiger partial charge is 0.219 e. The Bertz CT molecular complexity index is 454. The number of likely N-dealkylation sites (tertiary alicyclic amines) is 1. The van der Waals surface area contributed by atoms with E-state index in [4.69, 9.17) is 4.74 Å². The van der Waals surface area contributed by atoms with E-state index in [1.54, 1.807) is 14.0 Å². The molecule has 110 valence electrons. The van der Waals surface area contributed by atoms with Crippen molar-refractivity contribution in [2.75, 3.05) is 20.2 Å². The minimum atomic E-state index is 0.185. The SMILES string of the molecule is COc1cccc([C@@H](C)NC2CCN(C(C)=O)CC2)c1. The first kappa shape index (κ1) is 14.9. The molecule has 0 unspecified atom stereocenters. The van der Waals surface area contributed by atoms with Gasteiger partial charge in [-0.15, -0.1) is 0 Å². The molecule has 1 heterocycles. The molecule has 0 bridgehead atoms. The van der Waals surface area contributed by atoms with E-state index < -0.39 is 0 Å². The van der Waals surface area contributed by atoms with Crippen LogP contribution in [0.5, 0.6) is 5.75 Å². The van der Waals surface area contributed by atoms with Crippen molar-refractivity contribution >= 4 is 5.91 Å². The van der Waals surface area contributed by atoms with Crippen LogP contribution in [-0.4, -0.2) is 37.0 Å². The summed E-state index contributed by atoms with van der Waals surface area (Å²) in [4.78, 5) is 13.2. The Balaban J connectivity index is 1.88. The van der Waals surface area contributed by atoms with E-state index in [9.17, 15) is 4.79 Å². The predicted molar refractivity (Wildman–Crippen MR) is 79.8 cm³/mol. The summed E-state index contributed by atoms with van der Waals surface area (Å²) in [5.74, 6) is 1.08. The highest BCUT2D eigenvalue weighted by molar-refractivity contribution is 5.73. The normalized spacial score (nSPS) is 17.9. The molecule has 4 nitrogen and oxygen atoms in total. The molecular weight excluding hydrogens is 252 g/mol. The third-order valence-electron chi connectivity index (χ3n) is 4.02. The fraction of sp³-hybridized carbons (Fsp3) is 0.562. The van der Waals surface area contributed by atoms with Gasteiger partial charge in [-0.1, -0.05) is 12.1 Å². The van der Waals surface area contributed by atoms with E-state index in [1.807, 2.05) is 17.0 Å². The molecule has 1 aliphatic rings. The van der Waals surface area contributed by atoms with Gasteiger partial charge in [-0.2, -0.15) is 0 Å². The first-order valence-electron chi connectivity index (χ1n) is 7.25. The summed E-state index contributed by atoms with van der Waals surface area (Å²) >= 11 is 0. The molecule has 1 aromatic carbocycles. The van der Waals surface area contributed by atoms with Crippen molar-refractivity contribution in [3.05, 3.63) is 29.8 Å². The summed E-state index contributed by atoms with van der Waals surface area (Å²) in [7, 11) is 1.69. The van der Waals surface area contributed by atoms with Crippen LogP contribution in [0.2, 0.25) is 0 Å². The molecule has 1 N–H and O–H groups in total. The molecule has 0 aliphatic carbocycles. The van der Waals surface area contributed by atoms with E-state index in [1.165, 1.54) is 5.56 Å².